The smallest absolute Gasteiger partial charge is 0.257 e. The summed E-state index contributed by atoms with van der Waals surface area (Å²) >= 11 is 5.96. The van der Waals surface area contributed by atoms with E-state index in [0.717, 1.165) is 11.3 Å². The van der Waals surface area contributed by atoms with Crippen LogP contribution in [0.3, 0.4) is 0 Å². The molecule has 3 rings (SSSR count). The first-order chi connectivity index (χ1) is 10.2. The van der Waals surface area contributed by atoms with Crippen molar-refractivity contribution < 1.29 is 9.15 Å². The molecule has 5 heteroatoms. The molecule has 21 heavy (non-hydrogen) atoms. The van der Waals surface area contributed by atoms with Crippen LogP contribution in [0.1, 0.15) is 18.9 Å². The Morgan fingerprint density at radius 1 is 1.05 bits per heavy atom. The summed E-state index contributed by atoms with van der Waals surface area (Å²) in [5.41, 5.74) is 0.785. The van der Waals surface area contributed by atoms with Gasteiger partial charge in [-0.2, -0.15) is 0 Å². The van der Waals surface area contributed by atoms with Crippen LogP contribution in [-0.4, -0.2) is 10.2 Å². The summed E-state index contributed by atoms with van der Waals surface area (Å²) in [6.07, 6.45) is -0.326. The fourth-order valence-corrected chi connectivity index (χ4v) is 2.08. The topological polar surface area (TPSA) is 48.2 Å². The molecule has 1 unspecified atom stereocenters. The third-order valence-electron chi connectivity index (χ3n) is 2.92. The van der Waals surface area contributed by atoms with Crippen LogP contribution < -0.4 is 4.74 Å². The van der Waals surface area contributed by atoms with Crippen molar-refractivity contribution in [2.45, 2.75) is 13.0 Å². The molecule has 2 aromatic carbocycles. The van der Waals surface area contributed by atoms with Crippen molar-refractivity contribution in [1.29, 1.82) is 0 Å². The van der Waals surface area contributed by atoms with E-state index >= 15 is 0 Å². The van der Waals surface area contributed by atoms with Gasteiger partial charge < -0.3 is 9.15 Å². The maximum absolute atomic E-state index is 5.96. The van der Waals surface area contributed by atoms with Gasteiger partial charge in [-0.3, -0.25) is 0 Å². The molecule has 0 saturated heterocycles. The van der Waals surface area contributed by atoms with Gasteiger partial charge in [0.05, 0.1) is 0 Å². The van der Waals surface area contributed by atoms with Crippen molar-refractivity contribution in [2.75, 3.05) is 0 Å². The fourth-order valence-electron chi connectivity index (χ4n) is 1.89. The zero-order valence-corrected chi connectivity index (χ0v) is 12.1. The van der Waals surface area contributed by atoms with Gasteiger partial charge in [0.2, 0.25) is 5.89 Å². The van der Waals surface area contributed by atoms with Crippen LogP contribution in [0.5, 0.6) is 5.75 Å². The van der Waals surface area contributed by atoms with Crippen LogP contribution in [0.4, 0.5) is 0 Å². The van der Waals surface area contributed by atoms with Crippen molar-refractivity contribution in [3.63, 3.8) is 0 Å². The number of halogens is 1. The lowest BCUT2D eigenvalue weighted by atomic mass is 10.2. The number of rotatable bonds is 4. The molecule has 0 amide bonds. The summed E-state index contributed by atoms with van der Waals surface area (Å²) in [6, 6.07) is 16.8. The lowest BCUT2D eigenvalue weighted by molar-refractivity contribution is 0.189. The Balaban J connectivity index is 1.78. The van der Waals surface area contributed by atoms with E-state index in [1.807, 2.05) is 49.4 Å². The third-order valence-corrected chi connectivity index (χ3v) is 3.15. The summed E-state index contributed by atoms with van der Waals surface area (Å²) in [5, 5.41) is 8.69. The average Bonchev–Trinajstić information content (AvgIpc) is 2.98. The minimum Gasteiger partial charge on any atom is -0.481 e. The number of benzene rings is 2. The minimum absolute atomic E-state index is 0.326. The first-order valence-electron chi connectivity index (χ1n) is 6.53. The predicted molar refractivity (Wildman–Crippen MR) is 80.2 cm³/mol. The summed E-state index contributed by atoms with van der Waals surface area (Å²) < 4.78 is 11.4. The van der Waals surface area contributed by atoms with Gasteiger partial charge in [0, 0.05) is 10.6 Å². The summed E-state index contributed by atoms with van der Waals surface area (Å²) in [7, 11) is 0. The number of ether oxygens (including phenoxy) is 1. The maximum Gasteiger partial charge on any atom is 0.257 e. The molecular weight excluding hydrogens is 288 g/mol. The van der Waals surface area contributed by atoms with Crippen LogP contribution in [-0.2, 0) is 0 Å². The second kappa shape index (κ2) is 5.97. The van der Waals surface area contributed by atoms with Crippen molar-refractivity contribution in [3.05, 3.63) is 65.5 Å². The van der Waals surface area contributed by atoms with Crippen molar-refractivity contribution in [3.8, 4) is 17.2 Å². The summed E-state index contributed by atoms with van der Waals surface area (Å²) in [6.45, 7) is 1.86. The van der Waals surface area contributed by atoms with E-state index in [1.165, 1.54) is 0 Å². The quantitative estimate of drug-likeness (QED) is 0.710. The monoisotopic (exact) mass is 300 g/mol. The predicted octanol–water partition coefficient (Wildman–Crippen LogP) is 4.53. The van der Waals surface area contributed by atoms with Crippen molar-refractivity contribution >= 4 is 11.6 Å². The highest BCUT2D eigenvalue weighted by Gasteiger charge is 2.16. The van der Waals surface area contributed by atoms with Crippen LogP contribution in [0.15, 0.2) is 59.0 Å². The number of hydrogen-bond donors (Lipinski definition) is 0. The first-order valence-corrected chi connectivity index (χ1v) is 6.91. The maximum atomic E-state index is 5.96. The largest absolute Gasteiger partial charge is 0.481 e. The standard InChI is InChI=1S/C16H13ClN2O2/c1-11(20-14-8-3-2-4-9-14)15-18-19-16(21-15)12-6-5-7-13(17)10-12/h2-11H,1H3. The molecule has 1 atom stereocenters. The lowest BCUT2D eigenvalue weighted by Gasteiger charge is -2.10. The number of aromatic nitrogens is 2. The molecule has 0 radical (unpaired) electrons. The van der Waals surface area contributed by atoms with Crippen molar-refractivity contribution in [2.24, 2.45) is 0 Å². The van der Waals surface area contributed by atoms with E-state index < -0.39 is 0 Å². The summed E-state index contributed by atoms with van der Waals surface area (Å²) in [4.78, 5) is 0. The molecule has 0 aliphatic carbocycles. The van der Waals surface area contributed by atoms with E-state index in [9.17, 15) is 0 Å². The van der Waals surface area contributed by atoms with E-state index in [1.54, 1.807) is 12.1 Å². The normalized spacial score (nSPS) is 12.1. The number of hydrogen-bond acceptors (Lipinski definition) is 4. The second-order valence-electron chi connectivity index (χ2n) is 4.53. The van der Waals surface area contributed by atoms with Gasteiger partial charge in [-0.1, -0.05) is 35.9 Å². The molecule has 4 nitrogen and oxygen atoms in total. The number of para-hydroxylation sites is 1. The first kappa shape index (κ1) is 13.6. The molecule has 0 spiro atoms. The molecule has 3 aromatic rings. The molecule has 106 valence electrons. The zero-order valence-electron chi connectivity index (χ0n) is 11.4. The highest BCUT2D eigenvalue weighted by atomic mass is 35.5. The molecule has 1 aromatic heterocycles. The Morgan fingerprint density at radius 2 is 1.86 bits per heavy atom. The highest BCUT2D eigenvalue weighted by molar-refractivity contribution is 6.30. The Morgan fingerprint density at radius 3 is 2.62 bits per heavy atom. The van der Waals surface area contributed by atoms with Crippen LogP contribution in [0.25, 0.3) is 11.5 Å². The van der Waals surface area contributed by atoms with Gasteiger partial charge in [0.15, 0.2) is 6.10 Å². The molecule has 0 aliphatic heterocycles. The Labute approximate surface area is 127 Å². The van der Waals surface area contributed by atoms with Gasteiger partial charge in [0.25, 0.3) is 5.89 Å². The SMILES string of the molecule is CC(Oc1ccccc1)c1nnc(-c2cccc(Cl)c2)o1. The fraction of sp³-hybridized carbons (Fsp3) is 0.125. The molecule has 0 saturated carbocycles. The zero-order chi connectivity index (χ0) is 14.7. The van der Waals surface area contributed by atoms with Gasteiger partial charge in [0.1, 0.15) is 5.75 Å². The van der Waals surface area contributed by atoms with Gasteiger partial charge in [-0.05, 0) is 37.3 Å². The van der Waals surface area contributed by atoms with E-state index in [4.69, 9.17) is 20.8 Å². The van der Waals surface area contributed by atoms with Crippen molar-refractivity contribution in [1.82, 2.24) is 10.2 Å². The minimum atomic E-state index is -0.326. The van der Waals surface area contributed by atoms with Gasteiger partial charge in [-0.15, -0.1) is 10.2 Å². The van der Waals surface area contributed by atoms with Gasteiger partial charge in [-0.25, -0.2) is 0 Å². The summed E-state index contributed by atoms with van der Waals surface area (Å²) in [5.74, 6) is 1.61. The van der Waals surface area contributed by atoms with Crippen LogP contribution >= 0.6 is 11.6 Å². The Kier molecular flexibility index (Phi) is 3.88. The molecule has 0 aliphatic rings. The molecule has 1 heterocycles. The molecule has 0 bridgehead atoms. The van der Waals surface area contributed by atoms with E-state index in [0.29, 0.717) is 16.8 Å². The van der Waals surface area contributed by atoms with E-state index in [2.05, 4.69) is 10.2 Å². The Bertz CT molecular complexity index is 728. The van der Waals surface area contributed by atoms with Crippen LogP contribution in [0.2, 0.25) is 5.02 Å². The number of nitrogens with zero attached hydrogens (tertiary/aromatic N) is 2. The molecule has 0 fully saturated rings. The molecular formula is C16H13ClN2O2. The second-order valence-corrected chi connectivity index (χ2v) is 4.97. The highest BCUT2D eigenvalue weighted by Crippen LogP contribution is 2.25. The van der Waals surface area contributed by atoms with E-state index in [-0.39, 0.29) is 6.10 Å². The lowest BCUT2D eigenvalue weighted by Crippen LogP contribution is -2.03. The Hall–Kier alpha value is -2.33. The van der Waals surface area contributed by atoms with Crippen LogP contribution in [0, 0.1) is 0 Å². The van der Waals surface area contributed by atoms with Gasteiger partial charge >= 0.3 is 0 Å². The molecule has 0 N–H and O–H groups in total. The average molecular weight is 301 g/mol. The third kappa shape index (κ3) is 3.23.